The van der Waals surface area contributed by atoms with Crippen LogP contribution in [0.1, 0.15) is 48.1 Å². The van der Waals surface area contributed by atoms with Crippen molar-refractivity contribution < 1.29 is 4.42 Å². The standard InChI is InChI=1S/C29H28O2/c1-2-3-21-28-26(25-17-10-11-18-27(25)29(30)31-28)20-12-19-24(22-13-6-4-7-14-22)23-15-8-5-9-16-23/h4-19,24H,2-3,20-21H2,1H3/b19-12+. The quantitative estimate of drug-likeness (QED) is 0.292. The van der Waals surface area contributed by atoms with E-state index >= 15 is 0 Å². The van der Waals surface area contributed by atoms with E-state index in [0.29, 0.717) is 5.39 Å². The summed E-state index contributed by atoms with van der Waals surface area (Å²) in [5.41, 5.74) is 3.42. The molecule has 0 N–H and O–H groups in total. The Morgan fingerprint density at radius 2 is 1.39 bits per heavy atom. The fraction of sp³-hybridized carbons (Fsp3) is 0.207. The van der Waals surface area contributed by atoms with Gasteiger partial charge >= 0.3 is 5.63 Å². The number of unbranched alkanes of at least 4 members (excludes halogenated alkanes) is 1. The van der Waals surface area contributed by atoms with Crippen LogP contribution in [0.25, 0.3) is 10.8 Å². The maximum absolute atomic E-state index is 12.5. The summed E-state index contributed by atoms with van der Waals surface area (Å²) in [4.78, 5) is 12.5. The second-order valence-electron chi connectivity index (χ2n) is 7.87. The fourth-order valence-corrected chi connectivity index (χ4v) is 4.12. The number of aryl methyl sites for hydroxylation is 1. The van der Waals surface area contributed by atoms with Gasteiger partial charge in [0, 0.05) is 17.9 Å². The number of allylic oxidation sites excluding steroid dienone is 2. The highest BCUT2D eigenvalue weighted by Gasteiger charge is 2.14. The van der Waals surface area contributed by atoms with Crippen LogP contribution >= 0.6 is 0 Å². The summed E-state index contributed by atoms with van der Waals surface area (Å²) in [7, 11) is 0. The van der Waals surface area contributed by atoms with E-state index < -0.39 is 0 Å². The molecule has 0 saturated heterocycles. The van der Waals surface area contributed by atoms with Crippen LogP contribution in [-0.2, 0) is 12.8 Å². The summed E-state index contributed by atoms with van der Waals surface area (Å²) in [5.74, 6) is 1.01. The van der Waals surface area contributed by atoms with E-state index in [-0.39, 0.29) is 11.5 Å². The first-order valence-electron chi connectivity index (χ1n) is 11.1. The molecule has 0 radical (unpaired) electrons. The molecule has 0 unspecified atom stereocenters. The second-order valence-corrected chi connectivity index (χ2v) is 7.87. The summed E-state index contributed by atoms with van der Waals surface area (Å²) in [6, 6.07) is 28.9. The molecular formula is C29H28O2. The van der Waals surface area contributed by atoms with Crippen molar-refractivity contribution in [1.29, 1.82) is 0 Å². The minimum atomic E-state index is -0.235. The Balaban J connectivity index is 1.71. The third kappa shape index (κ3) is 4.86. The highest BCUT2D eigenvalue weighted by atomic mass is 16.4. The van der Waals surface area contributed by atoms with Crippen molar-refractivity contribution >= 4 is 10.8 Å². The molecule has 4 rings (SSSR count). The number of fused-ring (bicyclic) bond motifs is 1. The van der Waals surface area contributed by atoms with E-state index in [0.717, 1.165) is 42.4 Å². The Bertz CT molecular complexity index is 1160. The zero-order chi connectivity index (χ0) is 21.5. The Kier molecular flexibility index (Phi) is 6.78. The zero-order valence-corrected chi connectivity index (χ0v) is 18.0. The maximum atomic E-state index is 12.5. The van der Waals surface area contributed by atoms with Crippen LogP contribution in [0, 0.1) is 0 Å². The fourth-order valence-electron chi connectivity index (χ4n) is 4.12. The molecule has 0 bridgehead atoms. The van der Waals surface area contributed by atoms with E-state index in [2.05, 4.69) is 67.6 Å². The SMILES string of the molecule is CCCCc1oc(=O)c2ccccc2c1C/C=C/C(c1ccccc1)c1ccccc1. The van der Waals surface area contributed by atoms with Gasteiger partial charge in [-0.1, -0.05) is 104 Å². The average molecular weight is 409 g/mol. The monoisotopic (exact) mass is 408 g/mol. The first-order chi connectivity index (χ1) is 15.3. The van der Waals surface area contributed by atoms with Crippen molar-refractivity contribution in [2.45, 2.75) is 38.5 Å². The molecule has 2 nitrogen and oxygen atoms in total. The molecule has 1 heterocycles. The maximum Gasteiger partial charge on any atom is 0.343 e. The predicted octanol–water partition coefficient (Wildman–Crippen LogP) is 7.07. The Morgan fingerprint density at radius 1 is 0.806 bits per heavy atom. The van der Waals surface area contributed by atoms with Crippen molar-refractivity contribution in [2.75, 3.05) is 0 Å². The lowest BCUT2D eigenvalue weighted by atomic mass is 9.90. The van der Waals surface area contributed by atoms with E-state index in [9.17, 15) is 4.79 Å². The second kappa shape index (κ2) is 10.1. The highest BCUT2D eigenvalue weighted by molar-refractivity contribution is 5.85. The van der Waals surface area contributed by atoms with Crippen LogP contribution < -0.4 is 5.63 Å². The van der Waals surface area contributed by atoms with Gasteiger partial charge in [-0.3, -0.25) is 0 Å². The largest absolute Gasteiger partial charge is 0.427 e. The van der Waals surface area contributed by atoms with Gasteiger partial charge in [0.15, 0.2) is 0 Å². The Morgan fingerprint density at radius 3 is 2.00 bits per heavy atom. The van der Waals surface area contributed by atoms with Gasteiger partial charge in [0.25, 0.3) is 0 Å². The van der Waals surface area contributed by atoms with Gasteiger partial charge in [-0.05, 0) is 35.4 Å². The summed E-state index contributed by atoms with van der Waals surface area (Å²) >= 11 is 0. The van der Waals surface area contributed by atoms with Crippen LogP contribution in [0.4, 0.5) is 0 Å². The Hall–Kier alpha value is -3.39. The average Bonchev–Trinajstić information content (AvgIpc) is 2.83. The molecule has 0 atom stereocenters. The Labute approximate surface area is 183 Å². The van der Waals surface area contributed by atoms with Crippen molar-refractivity contribution in [3.63, 3.8) is 0 Å². The van der Waals surface area contributed by atoms with Crippen LogP contribution in [0.3, 0.4) is 0 Å². The number of hydrogen-bond acceptors (Lipinski definition) is 2. The minimum Gasteiger partial charge on any atom is -0.427 e. The van der Waals surface area contributed by atoms with Crippen LogP contribution in [0.15, 0.2) is 106 Å². The number of benzene rings is 3. The molecular weight excluding hydrogens is 380 g/mol. The molecule has 0 fully saturated rings. The molecule has 0 aliphatic carbocycles. The molecule has 3 aromatic carbocycles. The van der Waals surface area contributed by atoms with Gasteiger partial charge in [0.2, 0.25) is 0 Å². The smallest absolute Gasteiger partial charge is 0.343 e. The van der Waals surface area contributed by atoms with Crippen LogP contribution in [0.5, 0.6) is 0 Å². The van der Waals surface area contributed by atoms with Gasteiger partial charge < -0.3 is 4.42 Å². The molecule has 2 heteroatoms. The molecule has 0 spiro atoms. The molecule has 0 aliphatic heterocycles. The summed E-state index contributed by atoms with van der Waals surface area (Å²) in [6.07, 6.45) is 8.10. The molecule has 0 aliphatic rings. The van der Waals surface area contributed by atoms with Crippen molar-refractivity contribution in [1.82, 2.24) is 0 Å². The van der Waals surface area contributed by atoms with Gasteiger partial charge in [0.1, 0.15) is 5.76 Å². The van der Waals surface area contributed by atoms with E-state index in [1.54, 1.807) is 0 Å². The van der Waals surface area contributed by atoms with Crippen molar-refractivity contribution in [2.24, 2.45) is 0 Å². The van der Waals surface area contributed by atoms with Gasteiger partial charge in [-0.15, -0.1) is 0 Å². The van der Waals surface area contributed by atoms with Crippen molar-refractivity contribution in [3.8, 4) is 0 Å². The topological polar surface area (TPSA) is 30.2 Å². The lowest BCUT2D eigenvalue weighted by Gasteiger charge is -2.14. The van der Waals surface area contributed by atoms with E-state index in [1.807, 2.05) is 36.4 Å². The summed E-state index contributed by atoms with van der Waals surface area (Å²) in [6.45, 7) is 2.16. The molecule has 0 amide bonds. The zero-order valence-electron chi connectivity index (χ0n) is 18.0. The van der Waals surface area contributed by atoms with E-state index in [1.165, 1.54) is 11.1 Å². The lowest BCUT2D eigenvalue weighted by molar-refractivity contribution is 0.454. The number of rotatable bonds is 8. The molecule has 31 heavy (non-hydrogen) atoms. The van der Waals surface area contributed by atoms with Crippen LogP contribution in [-0.4, -0.2) is 0 Å². The number of hydrogen-bond donors (Lipinski definition) is 0. The first kappa shape index (κ1) is 20.9. The first-order valence-corrected chi connectivity index (χ1v) is 11.1. The molecule has 1 aromatic heterocycles. The summed E-state index contributed by atoms with van der Waals surface area (Å²) < 4.78 is 5.76. The van der Waals surface area contributed by atoms with Gasteiger partial charge in [-0.2, -0.15) is 0 Å². The lowest BCUT2D eigenvalue weighted by Crippen LogP contribution is -2.07. The molecule has 4 aromatic rings. The van der Waals surface area contributed by atoms with Crippen molar-refractivity contribution in [3.05, 3.63) is 130 Å². The third-order valence-electron chi connectivity index (χ3n) is 5.75. The third-order valence-corrected chi connectivity index (χ3v) is 5.75. The normalized spacial score (nSPS) is 11.5. The predicted molar refractivity (Wildman–Crippen MR) is 129 cm³/mol. The van der Waals surface area contributed by atoms with Crippen LogP contribution in [0.2, 0.25) is 0 Å². The van der Waals surface area contributed by atoms with E-state index in [4.69, 9.17) is 4.42 Å². The molecule has 156 valence electrons. The summed E-state index contributed by atoms with van der Waals surface area (Å²) in [5, 5.41) is 1.67. The minimum absolute atomic E-state index is 0.184. The highest BCUT2D eigenvalue weighted by Crippen LogP contribution is 2.27. The van der Waals surface area contributed by atoms with Gasteiger partial charge in [0.05, 0.1) is 5.39 Å². The molecule has 0 saturated carbocycles. The van der Waals surface area contributed by atoms with Gasteiger partial charge in [-0.25, -0.2) is 4.79 Å².